The van der Waals surface area contributed by atoms with E-state index in [1.807, 2.05) is 25.9 Å². The van der Waals surface area contributed by atoms with Gasteiger partial charge in [0.15, 0.2) is 0 Å². The number of ether oxygens (including phenoxy) is 1. The molecule has 0 radical (unpaired) electrons. The van der Waals surface area contributed by atoms with Crippen LogP contribution in [-0.2, 0) is 10.0 Å². The third-order valence-electron chi connectivity index (χ3n) is 5.21. The van der Waals surface area contributed by atoms with Gasteiger partial charge in [0.25, 0.3) is 0 Å². The van der Waals surface area contributed by atoms with E-state index in [4.69, 9.17) is 4.74 Å². The maximum absolute atomic E-state index is 13.3. The predicted octanol–water partition coefficient (Wildman–Crippen LogP) is 1.78. The van der Waals surface area contributed by atoms with Gasteiger partial charge in [0.2, 0.25) is 10.0 Å². The van der Waals surface area contributed by atoms with Crippen LogP contribution in [0.5, 0.6) is 5.75 Å². The van der Waals surface area contributed by atoms with Crippen LogP contribution in [0.2, 0.25) is 0 Å². The average Bonchev–Trinajstić information content (AvgIpc) is 3.46. The minimum atomic E-state index is -3.79. The quantitative estimate of drug-likeness (QED) is 0.772. The number of aliphatic hydroxyl groups is 1. The molecule has 1 heterocycles. The minimum absolute atomic E-state index is 0.0412. The van der Waals surface area contributed by atoms with Crippen LogP contribution in [0.4, 0.5) is 0 Å². The van der Waals surface area contributed by atoms with Gasteiger partial charge in [-0.25, -0.2) is 8.42 Å². The summed E-state index contributed by atoms with van der Waals surface area (Å²) in [5.41, 5.74) is 0.763. The molecular formula is C21H30N2O4S. The van der Waals surface area contributed by atoms with E-state index in [-0.39, 0.29) is 23.5 Å². The average molecular weight is 407 g/mol. The van der Waals surface area contributed by atoms with Gasteiger partial charge in [0, 0.05) is 36.5 Å². The monoisotopic (exact) mass is 406 g/mol. The summed E-state index contributed by atoms with van der Waals surface area (Å²) < 4.78 is 34.3. The molecule has 154 valence electrons. The lowest BCUT2D eigenvalue weighted by Gasteiger charge is -2.37. The fraction of sp³-hybridized carbons (Fsp3) is 0.619. The topological polar surface area (TPSA) is 70.1 Å². The highest BCUT2D eigenvalue weighted by Crippen LogP contribution is 2.34. The summed E-state index contributed by atoms with van der Waals surface area (Å²) in [6, 6.07) is 4.56. The summed E-state index contributed by atoms with van der Waals surface area (Å²) in [5.74, 6) is 7.12. The first-order chi connectivity index (χ1) is 13.2. The van der Waals surface area contributed by atoms with E-state index in [0.717, 1.165) is 18.4 Å². The maximum Gasteiger partial charge on any atom is 0.247 e. The van der Waals surface area contributed by atoms with Crippen LogP contribution >= 0.6 is 0 Å². The third kappa shape index (κ3) is 4.69. The van der Waals surface area contributed by atoms with E-state index in [9.17, 15) is 13.5 Å². The molecule has 1 saturated carbocycles. The number of hydrogen-bond donors (Lipinski definition) is 1. The van der Waals surface area contributed by atoms with Crippen molar-refractivity contribution in [1.29, 1.82) is 0 Å². The number of sulfonamides is 1. The number of likely N-dealkylation sites (N-methyl/N-ethyl adjacent to an activating group) is 1. The smallest absolute Gasteiger partial charge is 0.247 e. The van der Waals surface area contributed by atoms with Gasteiger partial charge in [-0.05, 0) is 52.1 Å². The largest absolute Gasteiger partial charge is 0.487 e. The number of rotatable bonds is 4. The highest BCUT2D eigenvalue weighted by atomic mass is 32.2. The molecule has 0 aromatic heterocycles. The Bertz CT molecular complexity index is 868. The Morgan fingerprint density at radius 1 is 1.36 bits per heavy atom. The lowest BCUT2D eigenvalue weighted by molar-refractivity contribution is 0.0812. The van der Waals surface area contributed by atoms with Crippen molar-refractivity contribution in [2.75, 3.05) is 33.8 Å². The molecular weight excluding hydrogens is 376 g/mol. The molecule has 2 aliphatic rings. The lowest BCUT2D eigenvalue weighted by atomic mass is 10.0. The van der Waals surface area contributed by atoms with Crippen molar-refractivity contribution in [2.45, 2.75) is 43.7 Å². The fourth-order valence-corrected chi connectivity index (χ4v) is 5.12. The van der Waals surface area contributed by atoms with Gasteiger partial charge < -0.3 is 14.7 Å². The number of fused-ring (bicyclic) bond motifs is 1. The SMILES string of the molecule is C[C@@H]1CN([C@@H](C)CO)S(=O)(=O)c2ccc(C#CC3CC3)cc2O[C@@H]1CN(C)C. The van der Waals surface area contributed by atoms with Crippen molar-refractivity contribution >= 4 is 10.0 Å². The summed E-state index contributed by atoms with van der Waals surface area (Å²) in [5, 5.41) is 9.64. The molecule has 0 saturated heterocycles. The molecule has 1 aliphatic heterocycles. The lowest BCUT2D eigenvalue weighted by Crippen LogP contribution is -2.49. The van der Waals surface area contributed by atoms with Gasteiger partial charge in [-0.15, -0.1) is 0 Å². The Labute approximate surface area is 168 Å². The predicted molar refractivity (Wildman–Crippen MR) is 109 cm³/mol. The summed E-state index contributed by atoms with van der Waals surface area (Å²) in [6.07, 6.45) is 2.10. The second kappa shape index (κ2) is 8.42. The van der Waals surface area contributed by atoms with Gasteiger partial charge in [-0.3, -0.25) is 0 Å². The van der Waals surface area contributed by atoms with E-state index in [1.165, 1.54) is 4.31 Å². The van der Waals surface area contributed by atoms with E-state index >= 15 is 0 Å². The Morgan fingerprint density at radius 2 is 2.07 bits per heavy atom. The molecule has 3 rings (SSSR count). The van der Waals surface area contributed by atoms with Gasteiger partial charge in [0.05, 0.1) is 6.61 Å². The van der Waals surface area contributed by atoms with Crippen LogP contribution in [-0.4, -0.2) is 68.7 Å². The van der Waals surface area contributed by atoms with Crippen LogP contribution in [0.25, 0.3) is 0 Å². The molecule has 6 nitrogen and oxygen atoms in total. The van der Waals surface area contributed by atoms with Gasteiger partial charge in [-0.2, -0.15) is 4.31 Å². The van der Waals surface area contributed by atoms with Crippen molar-refractivity contribution in [3.05, 3.63) is 23.8 Å². The molecule has 1 aliphatic carbocycles. The second-order valence-electron chi connectivity index (χ2n) is 8.21. The van der Waals surface area contributed by atoms with Crippen LogP contribution < -0.4 is 4.74 Å². The third-order valence-corrected chi connectivity index (χ3v) is 7.23. The van der Waals surface area contributed by atoms with E-state index < -0.39 is 16.1 Å². The van der Waals surface area contributed by atoms with E-state index in [1.54, 1.807) is 25.1 Å². The van der Waals surface area contributed by atoms with E-state index in [0.29, 0.717) is 24.8 Å². The van der Waals surface area contributed by atoms with Crippen molar-refractivity contribution < 1.29 is 18.3 Å². The van der Waals surface area contributed by atoms with Crippen molar-refractivity contribution in [2.24, 2.45) is 11.8 Å². The van der Waals surface area contributed by atoms with E-state index in [2.05, 4.69) is 11.8 Å². The number of hydrogen-bond acceptors (Lipinski definition) is 5. The Morgan fingerprint density at radius 3 is 2.68 bits per heavy atom. The highest BCUT2D eigenvalue weighted by molar-refractivity contribution is 7.89. The van der Waals surface area contributed by atoms with Crippen LogP contribution in [0.15, 0.2) is 23.1 Å². The van der Waals surface area contributed by atoms with Crippen molar-refractivity contribution in [1.82, 2.24) is 9.21 Å². The first kappa shape index (κ1) is 21.1. The fourth-order valence-electron chi connectivity index (χ4n) is 3.29. The summed E-state index contributed by atoms with van der Waals surface area (Å²) in [7, 11) is 0.153. The molecule has 0 unspecified atom stereocenters. The normalized spacial score (nSPS) is 25.6. The zero-order valence-corrected chi connectivity index (χ0v) is 17.9. The standard InChI is InChI=1S/C21H30N2O4S/c1-15-12-23(16(2)14-24)28(25,26)21-10-9-18(8-7-17-5-6-17)11-19(21)27-20(15)13-22(3)4/h9-11,15-17,20,24H,5-6,12-14H2,1-4H3/t15-,16+,20-/m1/s1. The maximum atomic E-state index is 13.3. The molecule has 3 atom stereocenters. The molecule has 1 aromatic carbocycles. The van der Waals surface area contributed by atoms with Crippen LogP contribution in [0.3, 0.4) is 0 Å². The molecule has 1 aromatic rings. The van der Waals surface area contributed by atoms with Gasteiger partial charge in [-0.1, -0.05) is 18.8 Å². The molecule has 28 heavy (non-hydrogen) atoms. The number of benzene rings is 1. The molecule has 1 fully saturated rings. The molecule has 0 spiro atoms. The van der Waals surface area contributed by atoms with Crippen molar-refractivity contribution in [3.8, 4) is 17.6 Å². The number of aliphatic hydroxyl groups excluding tert-OH is 1. The Hall–Kier alpha value is -1.59. The molecule has 0 amide bonds. The van der Waals surface area contributed by atoms with Crippen molar-refractivity contribution in [3.63, 3.8) is 0 Å². The Balaban J connectivity index is 2.07. The summed E-state index contributed by atoms with van der Waals surface area (Å²) in [6.45, 7) is 4.45. The van der Waals surface area contributed by atoms with Gasteiger partial charge in [0.1, 0.15) is 16.7 Å². The van der Waals surface area contributed by atoms with Gasteiger partial charge >= 0.3 is 0 Å². The number of nitrogens with zero attached hydrogens (tertiary/aromatic N) is 2. The zero-order chi connectivity index (χ0) is 20.5. The molecule has 7 heteroatoms. The first-order valence-corrected chi connectivity index (χ1v) is 11.3. The first-order valence-electron chi connectivity index (χ1n) is 9.82. The summed E-state index contributed by atoms with van der Waals surface area (Å²) >= 11 is 0. The van der Waals surface area contributed by atoms with Crippen LogP contribution in [0.1, 0.15) is 32.3 Å². The molecule has 1 N–H and O–H groups in total. The molecule has 0 bridgehead atoms. The Kier molecular flexibility index (Phi) is 6.35. The van der Waals surface area contributed by atoms with Crippen LogP contribution in [0, 0.1) is 23.7 Å². The minimum Gasteiger partial charge on any atom is -0.487 e. The highest BCUT2D eigenvalue weighted by Gasteiger charge is 2.37. The zero-order valence-electron chi connectivity index (χ0n) is 17.1. The second-order valence-corrected chi connectivity index (χ2v) is 10.1. The summed E-state index contributed by atoms with van der Waals surface area (Å²) in [4.78, 5) is 2.17.